The fraction of sp³-hybridized carbons (Fsp3) is 0.523. The number of aryl methyl sites for hydroxylation is 1. The van der Waals surface area contributed by atoms with Gasteiger partial charge in [0, 0.05) is 143 Å². The molecular weight excluding hydrogens is 1820 g/mol. The van der Waals surface area contributed by atoms with Crippen molar-refractivity contribution in [1.29, 1.82) is 0 Å². The van der Waals surface area contributed by atoms with Crippen molar-refractivity contribution >= 4 is 75.8 Å². The standard InChI is InChI=1S/C37H51N5O6.C36H47N5O7.C36H49N5O6/c1-27(2)14-15-30(43)18-22-47-23-19-38-34(44)16-17-35(45)41-26-29-10-5-6-11-31(29)36-37(32-12-7-8-13-33(32)41)42(40-39-36)20-9-21-46-24-25-48-28(3)4;1-25(2)13-14-28(42)17-19-46-20-18-37-32(43)15-16-33(44)40-23-27-9-5-6-10-29(27)35-36(30-11-7-8-12-31(30)40)41(39-38-35)24-34(45)48-22-21-47-26(3)4;1-26(2)13-14-29(42)17-20-45-21-18-37-33(43)15-16-34(44)40-25-28-9-5-6-10-30(28)35-36(31-11-7-8-12-32(31)40)41(39-38-35)19-22-46-23-24-47-27(3)4/h5-8,10-13,27-28H,9,14-26H2,1-4H3,(H,38,44);5-12,25-26H,13-24H2,1-4H3,(H,37,43);5-12,26-27H,13-25H2,1-4H3,(H,37,43). The average Bonchev–Trinajstić information content (AvgIpc) is 1.67. The Balaban J connectivity index is 0.000000220. The van der Waals surface area contributed by atoms with Gasteiger partial charge in [-0.15, -0.1) is 15.3 Å². The van der Waals surface area contributed by atoms with Crippen LogP contribution in [0.1, 0.15) is 203 Å². The molecule has 3 aromatic heterocycles. The second-order valence-electron chi connectivity index (χ2n) is 37.5. The highest BCUT2D eigenvalue weighted by Gasteiger charge is 2.35. The molecule has 0 aliphatic carbocycles. The molecule has 12 rings (SSSR count). The first-order chi connectivity index (χ1) is 69.1. The molecule has 0 unspecified atom stereocenters. The molecule has 6 aromatic carbocycles. The van der Waals surface area contributed by atoms with Gasteiger partial charge >= 0.3 is 5.97 Å². The van der Waals surface area contributed by atoms with Gasteiger partial charge in [0.2, 0.25) is 35.4 Å². The Bertz CT molecular complexity index is 5570. The molecule has 3 N–H and O–H groups in total. The van der Waals surface area contributed by atoms with E-state index in [2.05, 4.69) is 88.4 Å². The van der Waals surface area contributed by atoms with Crippen molar-refractivity contribution in [2.24, 2.45) is 17.8 Å². The minimum atomic E-state index is -0.484. The van der Waals surface area contributed by atoms with Gasteiger partial charge in [-0.3, -0.25) is 47.9 Å². The number of ketones is 3. The molecule has 0 spiro atoms. The third kappa shape index (κ3) is 36.8. The maximum absolute atomic E-state index is 13.8. The molecule has 34 heteroatoms. The monoisotopic (exact) mass is 1970 g/mol. The number of Topliss-reactive ketones (excluding diaryl/α,β-unsaturated/α-hetero) is 3. The van der Waals surface area contributed by atoms with Crippen LogP contribution in [0.5, 0.6) is 0 Å². The molecule has 0 radical (unpaired) electrons. The lowest BCUT2D eigenvalue weighted by Gasteiger charge is -2.28. The Hall–Kier alpha value is -12.3. The van der Waals surface area contributed by atoms with E-state index in [1.54, 1.807) is 14.7 Å². The lowest BCUT2D eigenvalue weighted by Crippen LogP contribution is -2.34. The number of hydrogen-bond donors (Lipinski definition) is 3. The zero-order valence-electron chi connectivity index (χ0n) is 85.5. The highest BCUT2D eigenvalue weighted by molar-refractivity contribution is 6.04. The molecule has 3 aliphatic rings. The Morgan fingerprint density at radius 2 is 0.601 bits per heavy atom. The van der Waals surface area contributed by atoms with Gasteiger partial charge in [-0.1, -0.05) is 185 Å². The molecule has 0 atom stereocenters. The maximum atomic E-state index is 13.8. The summed E-state index contributed by atoms with van der Waals surface area (Å²) in [5.41, 5.74) is 14.2. The highest BCUT2D eigenvalue weighted by Crippen LogP contribution is 2.45. The predicted molar refractivity (Wildman–Crippen MR) is 547 cm³/mol. The summed E-state index contributed by atoms with van der Waals surface area (Å²) in [6.07, 6.45) is 6.78. The second-order valence-corrected chi connectivity index (χ2v) is 37.5. The zero-order chi connectivity index (χ0) is 102. The molecule has 6 heterocycles. The van der Waals surface area contributed by atoms with Crippen LogP contribution in [0.15, 0.2) is 146 Å². The number of carbonyl (C=O) groups is 10. The molecule has 0 saturated heterocycles. The first kappa shape index (κ1) is 113. The first-order valence-corrected chi connectivity index (χ1v) is 50.6. The number of fused-ring (bicyclic) bond motifs is 15. The molecule has 3 aliphatic heterocycles. The lowest BCUT2D eigenvalue weighted by atomic mass is 9.95. The first-order valence-electron chi connectivity index (χ1n) is 50.6. The average molecular weight is 1970 g/mol. The van der Waals surface area contributed by atoms with Crippen molar-refractivity contribution < 1.29 is 90.6 Å². The lowest BCUT2D eigenvalue weighted by molar-refractivity contribution is -0.146. The third-order valence-electron chi connectivity index (χ3n) is 23.8. The number of benzene rings is 6. The second kappa shape index (κ2) is 60.3. The predicted octanol–water partition coefficient (Wildman–Crippen LogP) is 15.5. The van der Waals surface area contributed by atoms with Crippen LogP contribution >= 0.6 is 0 Å². The largest absolute Gasteiger partial charge is 0.462 e. The van der Waals surface area contributed by atoms with Crippen molar-refractivity contribution in [2.45, 2.75) is 243 Å². The van der Waals surface area contributed by atoms with Crippen LogP contribution in [0.25, 0.3) is 67.5 Å². The van der Waals surface area contributed by atoms with E-state index in [-0.39, 0.29) is 136 Å². The number of aromatic nitrogens is 9. The Morgan fingerprint density at radius 3 is 0.951 bits per heavy atom. The third-order valence-corrected chi connectivity index (χ3v) is 23.8. The molecule has 772 valence electrons. The molecule has 34 nitrogen and oxygen atoms in total. The summed E-state index contributed by atoms with van der Waals surface area (Å²) in [6, 6.07) is 46.4. The number of esters is 1. The van der Waals surface area contributed by atoms with Gasteiger partial charge in [-0.2, -0.15) is 0 Å². The van der Waals surface area contributed by atoms with Gasteiger partial charge in [0.25, 0.3) is 0 Å². The highest BCUT2D eigenvalue weighted by atomic mass is 16.6. The SMILES string of the molecule is CC(C)CCC(=O)CCOCCNC(=O)CCC(=O)N1Cc2ccccc2-c2nnn(CC(=O)OCCOC(C)C)c2-c2ccccc21.CC(C)CCC(=O)CCOCCNC(=O)CCC(=O)N1Cc2ccccc2-c2nnn(CCCOCCOC(C)C)c2-c2ccccc21.CC(C)CCC(=O)CCOCCNC(=O)CCC(=O)N1Cc2ccccc2-c2nnn(CCOCCOC(C)C)c2-c2ccccc21. The Labute approximate surface area is 840 Å². The van der Waals surface area contributed by atoms with Gasteiger partial charge < -0.3 is 73.3 Å². The smallest absolute Gasteiger partial charge is 0.327 e. The molecule has 0 saturated carbocycles. The summed E-state index contributed by atoms with van der Waals surface area (Å²) in [4.78, 5) is 133. The zero-order valence-corrected chi connectivity index (χ0v) is 85.5. The van der Waals surface area contributed by atoms with Crippen molar-refractivity contribution in [2.75, 3.05) is 127 Å². The van der Waals surface area contributed by atoms with E-state index in [0.29, 0.717) is 204 Å². The van der Waals surface area contributed by atoms with Gasteiger partial charge in [0.05, 0.1) is 158 Å². The summed E-state index contributed by atoms with van der Waals surface area (Å²) in [6.45, 7) is 32.6. The number of ether oxygens (including phenoxy) is 9. The summed E-state index contributed by atoms with van der Waals surface area (Å²) in [7, 11) is 0. The molecule has 9 aromatic rings. The van der Waals surface area contributed by atoms with E-state index in [0.717, 1.165) is 104 Å². The maximum Gasteiger partial charge on any atom is 0.327 e. The van der Waals surface area contributed by atoms with Crippen LogP contribution in [0.4, 0.5) is 17.1 Å². The summed E-state index contributed by atoms with van der Waals surface area (Å²) >= 11 is 0. The number of nitrogens with zero attached hydrogens (tertiary/aromatic N) is 12. The fourth-order valence-electron chi connectivity index (χ4n) is 16.2. The van der Waals surface area contributed by atoms with E-state index in [4.69, 9.17) is 42.6 Å². The van der Waals surface area contributed by atoms with Crippen LogP contribution in [-0.4, -0.2) is 234 Å². The fourth-order valence-corrected chi connectivity index (χ4v) is 16.2. The topological polar surface area (TPSA) is 392 Å². The minimum absolute atomic E-state index is 0.00391. The number of amides is 6. The van der Waals surface area contributed by atoms with Gasteiger partial charge in [0.15, 0.2) is 0 Å². The van der Waals surface area contributed by atoms with Crippen LogP contribution in [0.3, 0.4) is 0 Å². The van der Waals surface area contributed by atoms with Crippen LogP contribution in [-0.2, 0) is 130 Å². The van der Waals surface area contributed by atoms with E-state index in [1.807, 2.05) is 196 Å². The van der Waals surface area contributed by atoms with Crippen LogP contribution in [0, 0.1) is 17.8 Å². The van der Waals surface area contributed by atoms with Crippen LogP contribution < -0.4 is 30.7 Å². The number of rotatable bonds is 57. The summed E-state index contributed by atoms with van der Waals surface area (Å²) in [5.74, 6) is 0.352. The number of nitrogens with one attached hydrogen (secondary N) is 3. The molecule has 143 heavy (non-hydrogen) atoms. The van der Waals surface area contributed by atoms with Gasteiger partial charge in [0.1, 0.15) is 47.6 Å². The summed E-state index contributed by atoms with van der Waals surface area (Å²) in [5, 5.41) is 35.5. The molecule has 0 bridgehead atoms. The van der Waals surface area contributed by atoms with Crippen molar-refractivity contribution in [3.05, 3.63) is 162 Å². The number of hydrogen-bond acceptors (Lipinski definition) is 25. The normalized spacial score (nSPS) is 12.3. The number of anilines is 3. The van der Waals surface area contributed by atoms with Crippen molar-refractivity contribution in [1.82, 2.24) is 60.9 Å². The quantitative estimate of drug-likeness (QED) is 0.0235. The minimum Gasteiger partial charge on any atom is -0.462 e. The van der Waals surface area contributed by atoms with Crippen LogP contribution in [0.2, 0.25) is 0 Å². The summed E-state index contributed by atoms with van der Waals surface area (Å²) < 4.78 is 55.3. The Kier molecular flexibility index (Phi) is 47.6. The van der Waals surface area contributed by atoms with Crippen molar-refractivity contribution in [3.63, 3.8) is 0 Å². The number of carbonyl (C=O) groups excluding carboxylic acids is 10. The van der Waals surface area contributed by atoms with Crippen molar-refractivity contribution in [3.8, 4) is 67.5 Å². The molecule has 0 fully saturated rings. The molecule has 6 amide bonds. The number of para-hydroxylation sites is 3. The van der Waals surface area contributed by atoms with E-state index >= 15 is 0 Å². The van der Waals surface area contributed by atoms with E-state index < -0.39 is 5.97 Å². The Morgan fingerprint density at radius 1 is 0.301 bits per heavy atom. The van der Waals surface area contributed by atoms with E-state index in [1.165, 1.54) is 4.68 Å². The molecular formula is C109H147N15O19. The van der Waals surface area contributed by atoms with E-state index in [9.17, 15) is 47.9 Å². The van der Waals surface area contributed by atoms with Gasteiger partial charge in [-0.05, 0) is 120 Å². The van der Waals surface area contributed by atoms with Gasteiger partial charge in [-0.25, -0.2) is 14.0 Å².